The third-order valence-corrected chi connectivity index (χ3v) is 4.90. The van der Waals surface area contributed by atoms with Crippen molar-refractivity contribution in [1.82, 2.24) is 9.55 Å². The highest BCUT2D eigenvalue weighted by molar-refractivity contribution is 5.92. The maximum absolute atomic E-state index is 14.5. The van der Waals surface area contributed by atoms with Gasteiger partial charge in [-0.05, 0) is 25.8 Å². The Kier molecular flexibility index (Phi) is 3.14. The SMILES string of the molecule is C[C@@H]1[C@@H](N)CN1c1nc2c(cc1F)c(=O)c(C(=O)O)cn2C1CC1. The van der Waals surface area contributed by atoms with E-state index in [1.54, 1.807) is 9.47 Å². The van der Waals surface area contributed by atoms with Crippen LogP contribution in [0.5, 0.6) is 0 Å². The number of carboxylic acids is 1. The summed E-state index contributed by atoms with van der Waals surface area (Å²) in [4.78, 5) is 29.8. The lowest BCUT2D eigenvalue weighted by molar-refractivity contribution is 0.0695. The summed E-state index contributed by atoms with van der Waals surface area (Å²) >= 11 is 0. The highest BCUT2D eigenvalue weighted by Crippen LogP contribution is 2.37. The third-order valence-electron chi connectivity index (χ3n) is 4.90. The zero-order chi connectivity index (χ0) is 17.2. The molecule has 0 spiro atoms. The second kappa shape index (κ2) is 5.01. The number of rotatable bonds is 3. The van der Waals surface area contributed by atoms with Crippen LogP contribution in [-0.4, -0.2) is 39.3 Å². The molecule has 0 aromatic carbocycles. The molecule has 2 atom stereocenters. The number of fused-ring (bicyclic) bond motifs is 1. The average molecular weight is 332 g/mol. The normalized spacial score (nSPS) is 23.4. The molecule has 1 aliphatic carbocycles. The molecule has 0 bridgehead atoms. The van der Waals surface area contributed by atoms with Crippen LogP contribution in [0.3, 0.4) is 0 Å². The first-order valence-electron chi connectivity index (χ1n) is 7.89. The molecule has 0 amide bonds. The number of hydrogen-bond donors (Lipinski definition) is 2. The standard InChI is InChI=1S/C16H17FN4O3/c1-7-12(18)6-20(7)15-11(17)4-9-13(22)10(16(23)24)5-21(8-2-3-8)14(9)19-15/h4-5,7-8,12H,2-3,6,18H2,1H3,(H,23,24)/t7-,12+/m1/s1. The van der Waals surface area contributed by atoms with Gasteiger partial charge in [-0.2, -0.15) is 0 Å². The van der Waals surface area contributed by atoms with Crippen molar-refractivity contribution in [3.63, 3.8) is 0 Å². The van der Waals surface area contributed by atoms with E-state index in [2.05, 4.69) is 4.98 Å². The van der Waals surface area contributed by atoms with Crippen molar-refractivity contribution in [3.05, 3.63) is 33.9 Å². The first-order chi connectivity index (χ1) is 11.4. The molecule has 8 heteroatoms. The Bertz CT molecular complexity index is 922. The molecule has 0 unspecified atom stereocenters. The predicted molar refractivity (Wildman–Crippen MR) is 86.0 cm³/mol. The zero-order valence-corrected chi connectivity index (χ0v) is 13.1. The highest BCUT2D eigenvalue weighted by Gasteiger charge is 2.36. The first kappa shape index (κ1) is 15.1. The molecule has 1 saturated carbocycles. The fourth-order valence-corrected chi connectivity index (χ4v) is 3.14. The van der Waals surface area contributed by atoms with E-state index in [4.69, 9.17) is 5.73 Å². The molecular weight excluding hydrogens is 315 g/mol. The monoisotopic (exact) mass is 332 g/mol. The minimum Gasteiger partial charge on any atom is -0.477 e. The van der Waals surface area contributed by atoms with Crippen molar-refractivity contribution in [2.24, 2.45) is 5.73 Å². The lowest BCUT2D eigenvalue weighted by Gasteiger charge is -2.45. The van der Waals surface area contributed by atoms with Crippen molar-refractivity contribution in [1.29, 1.82) is 0 Å². The van der Waals surface area contributed by atoms with Crippen LogP contribution in [0.4, 0.5) is 10.2 Å². The van der Waals surface area contributed by atoms with Gasteiger partial charge in [-0.3, -0.25) is 4.79 Å². The lowest BCUT2D eigenvalue weighted by Crippen LogP contribution is -2.63. The number of pyridine rings is 2. The van der Waals surface area contributed by atoms with Crippen LogP contribution >= 0.6 is 0 Å². The number of carbonyl (C=O) groups is 1. The van der Waals surface area contributed by atoms with E-state index in [0.29, 0.717) is 12.2 Å². The van der Waals surface area contributed by atoms with Gasteiger partial charge in [0.15, 0.2) is 11.6 Å². The molecule has 3 N–H and O–H groups in total. The van der Waals surface area contributed by atoms with E-state index in [9.17, 15) is 19.1 Å². The van der Waals surface area contributed by atoms with Gasteiger partial charge in [0.25, 0.3) is 0 Å². The smallest absolute Gasteiger partial charge is 0.341 e. The van der Waals surface area contributed by atoms with Crippen molar-refractivity contribution in [2.45, 2.75) is 37.9 Å². The van der Waals surface area contributed by atoms with Gasteiger partial charge in [-0.25, -0.2) is 14.2 Å². The summed E-state index contributed by atoms with van der Waals surface area (Å²) in [5.41, 5.74) is 5.13. The second-order valence-electron chi connectivity index (χ2n) is 6.54. The summed E-state index contributed by atoms with van der Waals surface area (Å²) in [5, 5.41) is 9.23. The van der Waals surface area contributed by atoms with E-state index >= 15 is 0 Å². The summed E-state index contributed by atoms with van der Waals surface area (Å²) < 4.78 is 16.2. The van der Waals surface area contributed by atoms with Gasteiger partial charge in [0.2, 0.25) is 5.43 Å². The molecule has 126 valence electrons. The fourth-order valence-electron chi connectivity index (χ4n) is 3.14. The second-order valence-corrected chi connectivity index (χ2v) is 6.54. The number of halogens is 1. The Hall–Kier alpha value is -2.48. The summed E-state index contributed by atoms with van der Waals surface area (Å²) in [6.45, 7) is 2.39. The average Bonchev–Trinajstić information content (AvgIpc) is 3.37. The number of aromatic carboxylic acids is 1. The molecule has 1 saturated heterocycles. The van der Waals surface area contributed by atoms with E-state index in [0.717, 1.165) is 18.9 Å². The van der Waals surface area contributed by atoms with Gasteiger partial charge in [0.1, 0.15) is 11.2 Å². The molecule has 4 rings (SSSR count). The van der Waals surface area contributed by atoms with Crippen LogP contribution in [0, 0.1) is 5.82 Å². The van der Waals surface area contributed by atoms with E-state index in [-0.39, 0.29) is 34.9 Å². The quantitative estimate of drug-likeness (QED) is 0.873. The molecule has 3 heterocycles. The molecule has 24 heavy (non-hydrogen) atoms. The minimum atomic E-state index is -1.32. The maximum Gasteiger partial charge on any atom is 0.341 e. The van der Waals surface area contributed by atoms with Crippen LogP contribution in [-0.2, 0) is 0 Å². The molecule has 2 fully saturated rings. The largest absolute Gasteiger partial charge is 0.477 e. The van der Waals surface area contributed by atoms with Gasteiger partial charge in [-0.15, -0.1) is 0 Å². The number of anilines is 1. The van der Waals surface area contributed by atoms with Gasteiger partial charge in [0, 0.05) is 30.9 Å². The summed E-state index contributed by atoms with van der Waals surface area (Å²) in [6.07, 6.45) is 3.09. The minimum absolute atomic E-state index is 0.000486. The van der Waals surface area contributed by atoms with Gasteiger partial charge < -0.3 is 20.3 Å². The number of aromatic nitrogens is 2. The Morgan fingerprint density at radius 3 is 2.71 bits per heavy atom. The predicted octanol–water partition coefficient (Wildman–Crippen LogP) is 1.10. The van der Waals surface area contributed by atoms with Crippen molar-refractivity contribution in [3.8, 4) is 0 Å². The molecule has 0 radical (unpaired) electrons. The molecule has 2 aromatic heterocycles. The lowest BCUT2D eigenvalue weighted by atomic mass is 9.99. The molecule has 7 nitrogen and oxygen atoms in total. The Labute approximate surface area is 136 Å². The fraction of sp³-hybridized carbons (Fsp3) is 0.438. The van der Waals surface area contributed by atoms with E-state index < -0.39 is 17.2 Å². The first-order valence-corrected chi connectivity index (χ1v) is 7.89. The van der Waals surface area contributed by atoms with Gasteiger partial charge >= 0.3 is 5.97 Å². The number of nitrogens with two attached hydrogens (primary N) is 1. The van der Waals surface area contributed by atoms with Crippen LogP contribution in [0.1, 0.15) is 36.2 Å². The van der Waals surface area contributed by atoms with Crippen molar-refractivity contribution >= 4 is 22.8 Å². The third kappa shape index (κ3) is 2.10. The molecule has 2 aromatic rings. The number of hydrogen-bond acceptors (Lipinski definition) is 5. The van der Waals surface area contributed by atoms with E-state index in [1.165, 1.54) is 6.20 Å². The summed E-state index contributed by atoms with van der Waals surface area (Å²) in [5.74, 6) is -1.79. The van der Waals surface area contributed by atoms with Crippen LogP contribution < -0.4 is 16.1 Å². The molecule has 2 aliphatic rings. The Morgan fingerprint density at radius 1 is 1.46 bits per heavy atom. The summed E-state index contributed by atoms with van der Waals surface area (Å²) in [6, 6.07) is 1.13. The topological polar surface area (TPSA) is 101 Å². The van der Waals surface area contributed by atoms with E-state index in [1.807, 2.05) is 6.92 Å². The highest BCUT2D eigenvalue weighted by atomic mass is 19.1. The van der Waals surface area contributed by atoms with Crippen LogP contribution in [0.15, 0.2) is 17.1 Å². The van der Waals surface area contributed by atoms with Gasteiger partial charge in [-0.1, -0.05) is 0 Å². The summed E-state index contributed by atoms with van der Waals surface area (Å²) in [7, 11) is 0. The van der Waals surface area contributed by atoms with Crippen LogP contribution in [0.25, 0.3) is 11.0 Å². The molecular formula is C16H17FN4O3. The zero-order valence-electron chi connectivity index (χ0n) is 13.1. The van der Waals surface area contributed by atoms with Crippen molar-refractivity contribution in [2.75, 3.05) is 11.4 Å². The maximum atomic E-state index is 14.5. The number of nitrogens with zero attached hydrogens (tertiary/aromatic N) is 3. The van der Waals surface area contributed by atoms with Crippen LogP contribution in [0.2, 0.25) is 0 Å². The molecule has 1 aliphatic heterocycles. The van der Waals surface area contributed by atoms with Gasteiger partial charge in [0.05, 0.1) is 5.39 Å². The Balaban J connectivity index is 1.96. The van der Waals surface area contributed by atoms with Crippen molar-refractivity contribution < 1.29 is 14.3 Å². The Morgan fingerprint density at radius 2 is 2.17 bits per heavy atom. The number of carboxylic acid groups (broad SMARTS) is 1.